The molecule has 0 spiro atoms. The molecule has 1 aromatic carbocycles. The molecule has 130 valence electrons. The number of aliphatic hydroxyl groups is 1. The van der Waals surface area contributed by atoms with Crippen LogP contribution in [-0.2, 0) is 11.3 Å². The van der Waals surface area contributed by atoms with Gasteiger partial charge in [0.2, 0.25) is 0 Å². The SMILES string of the molecule is CCOc1cc(CN(CC)[C@@H]2COC[C@H]2O)cc(Cl)c1OCC. The molecule has 1 aliphatic rings. The third kappa shape index (κ3) is 4.51. The van der Waals surface area contributed by atoms with Crippen LogP contribution in [0.5, 0.6) is 11.5 Å². The number of likely N-dealkylation sites (N-methyl/N-ethyl adjacent to an activating group) is 1. The molecule has 23 heavy (non-hydrogen) atoms. The molecule has 0 amide bonds. The number of halogens is 1. The van der Waals surface area contributed by atoms with Crippen molar-refractivity contribution >= 4 is 11.6 Å². The fourth-order valence-electron chi connectivity index (χ4n) is 2.84. The quantitative estimate of drug-likeness (QED) is 0.786. The van der Waals surface area contributed by atoms with E-state index in [9.17, 15) is 5.11 Å². The third-order valence-corrected chi connectivity index (χ3v) is 4.22. The van der Waals surface area contributed by atoms with E-state index in [1.807, 2.05) is 26.0 Å². The number of hydrogen-bond acceptors (Lipinski definition) is 5. The van der Waals surface area contributed by atoms with E-state index in [1.54, 1.807) is 0 Å². The minimum atomic E-state index is -0.445. The Morgan fingerprint density at radius 1 is 1.22 bits per heavy atom. The first-order valence-corrected chi connectivity index (χ1v) is 8.56. The van der Waals surface area contributed by atoms with Crippen molar-refractivity contribution in [2.45, 2.75) is 39.5 Å². The lowest BCUT2D eigenvalue weighted by molar-refractivity contribution is 0.0807. The number of hydrogen-bond donors (Lipinski definition) is 1. The molecular formula is C17H26ClNO4. The summed E-state index contributed by atoms with van der Waals surface area (Å²) >= 11 is 6.37. The summed E-state index contributed by atoms with van der Waals surface area (Å²) in [5.41, 5.74) is 1.03. The van der Waals surface area contributed by atoms with Crippen LogP contribution in [0.3, 0.4) is 0 Å². The predicted molar refractivity (Wildman–Crippen MR) is 90.5 cm³/mol. The Morgan fingerprint density at radius 3 is 2.52 bits per heavy atom. The monoisotopic (exact) mass is 343 g/mol. The smallest absolute Gasteiger partial charge is 0.179 e. The zero-order chi connectivity index (χ0) is 16.8. The first kappa shape index (κ1) is 18.3. The van der Waals surface area contributed by atoms with Crippen LogP contribution < -0.4 is 9.47 Å². The molecule has 2 atom stereocenters. The lowest BCUT2D eigenvalue weighted by atomic mass is 10.1. The average Bonchev–Trinajstić information content (AvgIpc) is 2.94. The zero-order valence-electron chi connectivity index (χ0n) is 14.0. The van der Waals surface area contributed by atoms with Gasteiger partial charge >= 0.3 is 0 Å². The Balaban J connectivity index is 2.21. The van der Waals surface area contributed by atoms with Gasteiger partial charge in [0.15, 0.2) is 11.5 Å². The van der Waals surface area contributed by atoms with Crippen molar-refractivity contribution in [2.24, 2.45) is 0 Å². The van der Waals surface area contributed by atoms with Crippen LogP contribution in [0.2, 0.25) is 5.02 Å². The minimum Gasteiger partial charge on any atom is -0.490 e. The van der Waals surface area contributed by atoms with Crippen LogP contribution in [0.25, 0.3) is 0 Å². The second kappa shape index (κ2) is 8.73. The van der Waals surface area contributed by atoms with Crippen molar-refractivity contribution in [3.8, 4) is 11.5 Å². The molecule has 0 aliphatic carbocycles. The van der Waals surface area contributed by atoms with E-state index < -0.39 is 6.10 Å². The summed E-state index contributed by atoms with van der Waals surface area (Å²) in [5, 5.41) is 10.6. The lowest BCUT2D eigenvalue weighted by Gasteiger charge is -2.29. The molecule has 2 rings (SSSR count). The number of rotatable bonds is 8. The summed E-state index contributed by atoms with van der Waals surface area (Å²) in [5.74, 6) is 1.25. The summed E-state index contributed by atoms with van der Waals surface area (Å²) < 4.78 is 16.6. The van der Waals surface area contributed by atoms with Gasteiger partial charge in [-0.3, -0.25) is 4.90 Å². The molecule has 1 heterocycles. The number of ether oxygens (including phenoxy) is 3. The molecular weight excluding hydrogens is 318 g/mol. The molecule has 0 bridgehead atoms. The van der Waals surface area contributed by atoms with E-state index in [0.29, 0.717) is 49.5 Å². The Hall–Kier alpha value is -1.01. The van der Waals surface area contributed by atoms with Gasteiger partial charge in [-0.2, -0.15) is 0 Å². The molecule has 0 unspecified atom stereocenters. The maximum atomic E-state index is 10.0. The second-order valence-electron chi connectivity index (χ2n) is 5.51. The standard InChI is InChI=1S/C17H26ClNO4/c1-4-19(14-10-21-11-15(14)20)9-12-7-13(18)17(23-6-3)16(8-12)22-5-2/h7-8,14-15,20H,4-6,9-11H2,1-3H3/t14-,15-/m1/s1. The number of nitrogens with zero attached hydrogens (tertiary/aromatic N) is 1. The molecule has 0 saturated carbocycles. The summed E-state index contributed by atoms with van der Waals surface area (Å²) in [6.45, 7) is 9.45. The highest BCUT2D eigenvalue weighted by Crippen LogP contribution is 2.37. The van der Waals surface area contributed by atoms with Crippen molar-refractivity contribution in [2.75, 3.05) is 33.0 Å². The van der Waals surface area contributed by atoms with Gasteiger partial charge in [0, 0.05) is 6.54 Å². The van der Waals surface area contributed by atoms with Crippen LogP contribution in [0.15, 0.2) is 12.1 Å². The highest BCUT2D eigenvalue weighted by molar-refractivity contribution is 6.32. The van der Waals surface area contributed by atoms with Crippen molar-refractivity contribution in [1.29, 1.82) is 0 Å². The molecule has 0 aromatic heterocycles. The molecule has 1 N–H and O–H groups in total. The van der Waals surface area contributed by atoms with E-state index >= 15 is 0 Å². The average molecular weight is 344 g/mol. The third-order valence-electron chi connectivity index (χ3n) is 3.94. The molecule has 5 nitrogen and oxygen atoms in total. The summed E-state index contributed by atoms with van der Waals surface area (Å²) in [6, 6.07) is 3.88. The fraction of sp³-hybridized carbons (Fsp3) is 0.647. The van der Waals surface area contributed by atoms with Crippen molar-refractivity contribution < 1.29 is 19.3 Å². The van der Waals surface area contributed by atoms with Gasteiger partial charge in [-0.1, -0.05) is 18.5 Å². The zero-order valence-corrected chi connectivity index (χ0v) is 14.8. The lowest BCUT2D eigenvalue weighted by Crippen LogP contribution is -2.42. The van der Waals surface area contributed by atoms with Crippen LogP contribution in [0.1, 0.15) is 26.3 Å². The number of aliphatic hydroxyl groups excluding tert-OH is 1. The summed E-state index contributed by atoms with van der Waals surface area (Å²) in [6.07, 6.45) is -0.445. The van der Waals surface area contributed by atoms with Gasteiger partial charge in [0.05, 0.1) is 43.6 Å². The Bertz CT molecular complexity index is 512. The summed E-state index contributed by atoms with van der Waals surface area (Å²) in [7, 11) is 0. The van der Waals surface area contributed by atoms with E-state index in [2.05, 4.69) is 11.8 Å². The highest BCUT2D eigenvalue weighted by atomic mass is 35.5. The minimum absolute atomic E-state index is 0.0147. The fourth-order valence-corrected chi connectivity index (χ4v) is 3.13. The van der Waals surface area contributed by atoms with Gasteiger partial charge < -0.3 is 19.3 Å². The van der Waals surface area contributed by atoms with Crippen molar-refractivity contribution in [3.63, 3.8) is 0 Å². The van der Waals surface area contributed by atoms with Gasteiger partial charge in [-0.25, -0.2) is 0 Å². The summed E-state index contributed by atoms with van der Waals surface area (Å²) in [4.78, 5) is 2.19. The number of benzene rings is 1. The molecule has 1 aromatic rings. The topological polar surface area (TPSA) is 51.2 Å². The maximum Gasteiger partial charge on any atom is 0.179 e. The maximum absolute atomic E-state index is 10.0. The Morgan fingerprint density at radius 2 is 1.96 bits per heavy atom. The molecule has 1 fully saturated rings. The van der Waals surface area contributed by atoms with Crippen LogP contribution >= 0.6 is 11.6 Å². The van der Waals surface area contributed by atoms with Crippen LogP contribution in [-0.4, -0.2) is 55.1 Å². The first-order valence-electron chi connectivity index (χ1n) is 8.18. The van der Waals surface area contributed by atoms with Gasteiger partial charge in [-0.15, -0.1) is 0 Å². The van der Waals surface area contributed by atoms with Gasteiger partial charge in [0.1, 0.15) is 0 Å². The van der Waals surface area contributed by atoms with Crippen LogP contribution in [0, 0.1) is 0 Å². The first-order chi connectivity index (χ1) is 11.1. The normalized spacial score (nSPS) is 21.0. The molecule has 1 aliphatic heterocycles. The predicted octanol–water partition coefficient (Wildman–Crippen LogP) is 2.72. The van der Waals surface area contributed by atoms with E-state index in [0.717, 1.165) is 12.1 Å². The van der Waals surface area contributed by atoms with Crippen LogP contribution in [0.4, 0.5) is 0 Å². The second-order valence-corrected chi connectivity index (χ2v) is 5.91. The van der Waals surface area contributed by atoms with Gasteiger partial charge in [0.25, 0.3) is 0 Å². The highest BCUT2D eigenvalue weighted by Gasteiger charge is 2.31. The Kier molecular flexibility index (Phi) is 6.96. The Labute approximate surface area is 143 Å². The molecule has 1 saturated heterocycles. The molecule has 0 radical (unpaired) electrons. The van der Waals surface area contributed by atoms with Crippen molar-refractivity contribution in [1.82, 2.24) is 4.90 Å². The van der Waals surface area contributed by atoms with Gasteiger partial charge in [-0.05, 0) is 38.1 Å². The van der Waals surface area contributed by atoms with Crippen molar-refractivity contribution in [3.05, 3.63) is 22.7 Å². The van der Waals surface area contributed by atoms with E-state index in [-0.39, 0.29) is 6.04 Å². The molecule has 6 heteroatoms. The van der Waals surface area contributed by atoms with E-state index in [1.165, 1.54) is 0 Å². The van der Waals surface area contributed by atoms with E-state index in [4.69, 9.17) is 25.8 Å². The largest absolute Gasteiger partial charge is 0.490 e.